The molecule has 1 N–H and O–H groups in total. The minimum absolute atomic E-state index is 0.00542. The number of hydrogen-bond acceptors (Lipinski definition) is 4. The van der Waals surface area contributed by atoms with Crippen molar-refractivity contribution in [3.63, 3.8) is 0 Å². The molecule has 1 aromatic heterocycles. The third-order valence-electron chi connectivity index (χ3n) is 2.32. The third kappa shape index (κ3) is 2.01. The van der Waals surface area contributed by atoms with Crippen molar-refractivity contribution in [1.29, 1.82) is 0 Å². The first-order valence-corrected chi connectivity index (χ1v) is 4.93. The molecule has 0 radical (unpaired) electrons. The summed E-state index contributed by atoms with van der Waals surface area (Å²) in [6, 6.07) is 6.67. The van der Waals surface area contributed by atoms with E-state index in [-0.39, 0.29) is 12.2 Å². The number of anilines is 1. The summed E-state index contributed by atoms with van der Waals surface area (Å²) in [5, 5.41) is 14.4. The van der Waals surface area contributed by atoms with E-state index in [4.69, 9.17) is 6.42 Å². The van der Waals surface area contributed by atoms with Crippen LogP contribution in [0.2, 0.25) is 0 Å². The minimum Gasteiger partial charge on any atom is -0.369 e. The predicted molar refractivity (Wildman–Crippen MR) is 65.7 cm³/mol. The van der Waals surface area contributed by atoms with E-state index in [9.17, 15) is 10.1 Å². The number of rotatable bonds is 3. The highest BCUT2D eigenvalue weighted by Gasteiger charge is 2.18. The summed E-state index contributed by atoms with van der Waals surface area (Å²) >= 11 is 0. The van der Waals surface area contributed by atoms with Gasteiger partial charge in [0.1, 0.15) is 5.69 Å². The number of hydrogen-bond donors (Lipinski definition) is 1. The summed E-state index contributed by atoms with van der Waals surface area (Å²) in [5.41, 5.74) is 1.00. The molecular weight excluding hydrogens is 218 g/mol. The first kappa shape index (κ1) is 10.9. The van der Waals surface area contributed by atoms with Crippen molar-refractivity contribution in [2.75, 3.05) is 11.9 Å². The van der Waals surface area contributed by atoms with Crippen molar-refractivity contribution >= 4 is 22.3 Å². The van der Waals surface area contributed by atoms with Crippen molar-refractivity contribution in [3.8, 4) is 12.3 Å². The van der Waals surface area contributed by atoms with E-state index < -0.39 is 4.92 Å². The molecule has 5 nitrogen and oxygen atoms in total. The van der Waals surface area contributed by atoms with E-state index in [0.29, 0.717) is 16.6 Å². The van der Waals surface area contributed by atoms with E-state index in [0.717, 1.165) is 0 Å². The summed E-state index contributed by atoms with van der Waals surface area (Å²) in [5.74, 6) is 2.38. The molecule has 0 amide bonds. The van der Waals surface area contributed by atoms with Gasteiger partial charge in [0.25, 0.3) is 0 Å². The molecule has 84 valence electrons. The maximum atomic E-state index is 11.1. The molecule has 17 heavy (non-hydrogen) atoms. The smallest absolute Gasteiger partial charge is 0.301 e. The lowest BCUT2D eigenvalue weighted by Crippen LogP contribution is -2.03. The van der Waals surface area contributed by atoms with Gasteiger partial charge in [0.2, 0.25) is 0 Å². The highest BCUT2D eigenvalue weighted by molar-refractivity contribution is 5.94. The van der Waals surface area contributed by atoms with Crippen LogP contribution in [0.1, 0.15) is 0 Å². The fourth-order valence-corrected chi connectivity index (χ4v) is 1.62. The normalized spacial score (nSPS) is 9.82. The lowest BCUT2D eigenvalue weighted by Gasteiger charge is -2.06. The van der Waals surface area contributed by atoms with Gasteiger partial charge in [0.05, 0.1) is 22.4 Å². The van der Waals surface area contributed by atoms with Gasteiger partial charge in [0, 0.05) is 6.20 Å². The summed E-state index contributed by atoms with van der Waals surface area (Å²) in [6.45, 7) is 0.243. The number of pyridine rings is 1. The fourth-order valence-electron chi connectivity index (χ4n) is 1.62. The molecule has 0 fully saturated rings. The Morgan fingerprint density at radius 3 is 3.00 bits per heavy atom. The molecular formula is C12H9N3O2. The van der Waals surface area contributed by atoms with Crippen LogP contribution in [-0.2, 0) is 0 Å². The second kappa shape index (κ2) is 4.49. The molecule has 5 heteroatoms. The van der Waals surface area contributed by atoms with Crippen LogP contribution < -0.4 is 5.32 Å². The molecule has 1 heterocycles. The second-order valence-electron chi connectivity index (χ2n) is 3.35. The Hall–Kier alpha value is -2.61. The molecule has 2 rings (SSSR count). The molecule has 2 aromatic rings. The zero-order valence-electron chi connectivity index (χ0n) is 8.88. The molecule has 0 unspecified atom stereocenters. The number of fused-ring (bicyclic) bond motifs is 1. The van der Waals surface area contributed by atoms with Crippen molar-refractivity contribution in [3.05, 3.63) is 40.6 Å². The maximum absolute atomic E-state index is 11.1. The van der Waals surface area contributed by atoms with Crippen LogP contribution in [0.3, 0.4) is 0 Å². The number of terminal acetylenes is 1. The Morgan fingerprint density at radius 1 is 1.47 bits per heavy atom. The Bertz CT molecular complexity index is 617. The molecule has 0 aliphatic carbocycles. The van der Waals surface area contributed by atoms with Crippen LogP contribution in [0.25, 0.3) is 10.9 Å². The summed E-state index contributed by atoms with van der Waals surface area (Å²) in [4.78, 5) is 14.7. The Labute approximate surface area is 97.6 Å². The van der Waals surface area contributed by atoms with Gasteiger partial charge < -0.3 is 5.32 Å². The van der Waals surface area contributed by atoms with Gasteiger partial charge >= 0.3 is 5.69 Å². The van der Waals surface area contributed by atoms with Gasteiger partial charge in [-0.1, -0.05) is 5.92 Å². The first-order chi connectivity index (χ1) is 8.24. The van der Waals surface area contributed by atoms with Crippen LogP contribution in [0.5, 0.6) is 0 Å². The molecule has 0 aliphatic heterocycles. The number of nitrogens with one attached hydrogen (secondary N) is 1. The Kier molecular flexibility index (Phi) is 2.88. The van der Waals surface area contributed by atoms with Gasteiger partial charge in [-0.25, -0.2) is 0 Å². The molecule has 0 saturated carbocycles. The minimum atomic E-state index is -0.428. The van der Waals surface area contributed by atoms with Crippen molar-refractivity contribution in [2.45, 2.75) is 0 Å². The topological polar surface area (TPSA) is 68.1 Å². The third-order valence-corrected chi connectivity index (χ3v) is 2.32. The van der Waals surface area contributed by atoms with Gasteiger partial charge in [-0.05, 0) is 24.3 Å². The van der Waals surface area contributed by atoms with Gasteiger partial charge in [0.15, 0.2) is 0 Å². The first-order valence-electron chi connectivity index (χ1n) is 4.93. The molecule has 0 spiro atoms. The number of nitrogens with zero attached hydrogens (tertiary/aromatic N) is 2. The monoisotopic (exact) mass is 227 g/mol. The quantitative estimate of drug-likeness (QED) is 0.495. The number of nitro groups is 1. The van der Waals surface area contributed by atoms with Crippen LogP contribution in [-0.4, -0.2) is 16.5 Å². The predicted octanol–water partition coefficient (Wildman–Crippen LogP) is 2.19. The van der Waals surface area contributed by atoms with Gasteiger partial charge in [-0.2, -0.15) is 0 Å². The van der Waals surface area contributed by atoms with Crippen LogP contribution in [0.4, 0.5) is 11.4 Å². The SMILES string of the molecule is C#CCNc1ccc2ncccc2c1[N+](=O)[O-]. The molecule has 0 bridgehead atoms. The van der Waals surface area contributed by atoms with Crippen molar-refractivity contribution in [1.82, 2.24) is 4.98 Å². The zero-order valence-corrected chi connectivity index (χ0v) is 8.88. The largest absolute Gasteiger partial charge is 0.369 e. The number of aromatic nitrogens is 1. The molecule has 0 saturated heterocycles. The average Bonchev–Trinajstić information content (AvgIpc) is 2.35. The van der Waals surface area contributed by atoms with Crippen LogP contribution in [0, 0.1) is 22.5 Å². The number of benzene rings is 1. The summed E-state index contributed by atoms with van der Waals surface area (Å²) in [6.07, 6.45) is 6.72. The maximum Gasteiger partial charge on any atom is 0.301 e. The van der Waals surface area contributed by atoms with E-state index in [1.165, 1.54) is 0 Å². The molecule has 1 aromatic carbocycles. The zero-order chi connectivity index (χ0) is 12.3. The van der Waals surface area contributed by atoms with E-state index in [1.807, 2.05) is 0 Å². The Balaban J connectivity index is 2.65. The van der Waals surface area contributed by atoms with Crippen LogP contribution >= 0.6 is 0 Å². The Morgan fingerprint density at radius 2 is 2.29 bits per heavy atom. The van der Waals surface area contributed by atoms with E-state index >= 15 is 0 Å². The highest BCUT2D eigenvalue weighted by Crippen LogP contribution is 2.32. The van der Waals surface area contributed by atoms with Crippen molar-refractivity contribution in [2.24, 2.45) is 0 Å². The second-order valence-corrected chi connectivity index (χ2v) is 3.35. The highest BCUT2D eigenvalue weighted by atomic mass is 16.6. The number of nitro benzene ring substituents is 1. The van der Waals surface area contributed by atoms with Gasteiger partial charge in [-0.3, -0.25) is 15.1 Å². The lowest BCUT2D eigenvalue weighted by molar-refractivity contribution is -0.382. The average molecular weight is 227 g/mol. The fraction of sp³-hybridized carbons (Fsp3) is 0.0833. The van der Waals surface area contributed by atoms with Crippen molar-refractivity contribution < 1.29 is 4.92 Å². The summed E-state index contributed by atoms with van der Waals surface area (Å²) < 4.78 is 0. The van der Waals surface area contributed by atoms with Gasteiger partial charge in [-0.15, -0.1) is 6.42 Å². The van der Waals surface area contributed by atoms with E-state index in [2.05, 4.69) is 16.2 Å². The molecule has 0 atom stereocenters. The van der Waals surface area contributed by atoms with Crippen LogP contribution in [0.15, 0.2) is 30.5 Å². The molecule has 0 aliphatic rings. The summed E-state index contributed by atoms with van der Waals surface area (Å²) in [7, 11) is 0. The lowest BCUT2D eigenvalue weighted by atomic mass is 10.1. The van der Waals surface area contributed by atoms with E-state index in [1.54, 1.807) is 30.5 Å². The standard InChI is InChI=1S/C12H9N3O2/c1-2-7-13-11-6-5-10-9(4-3-8-14-10)12(11)15(16)17/h1,3-6,8,13H,7H2.